The Morgan fingerprint density at radius 1 is 1.58 bits per heavy atom. The molecule has 7 heteroatoms. The lowest BCUT2D eigenvalue weighted by Crippen LogP contribution is -2.23. The summed E-state index contributed by atoms with van der Waals surface area (Å²) in [5.41, 5.74) is 0.639. The Bertz CT molecular complexity index is 584. The van der Waals surface area contributed by atoms with Crippen molar-refractivity contribution in [3.8, 4) is 6.01 Å². The number of ether oxygens (including phenoxy) is 1. The maximum Gasteiger partial charge on any atom is 0.336 e. The van der Waals surface area contributed by atoms with Gasteiger partial charge >= 0.3 is 6.01 Å². The third kappa shape index (κ3) is 2.18. The number of hydrogen-bond acceptors (Lipinski definition) is 4. The van der Waals surface area contributed by atoms with Gasteiger partial charge in [-0.05, 0) is 31.4 Å². The second-order valence-corrected chi connectivity index (χ2v) is 4.51. The molecule has 1 fully saturated rings. The quantitative estimate of drug-likeness (QED) is 0.875. The van der Waals surface area contributed by atoms with Crippen molar-refractivity contribution >= 4 is 11.9 Å². The predicted octanol–water partition coefficient (Wildman–Crippen LogP) is 1.59. The summed E-state index contributed by atoms with van der Waals surface area (Å²) in [7, 11) is 1.47. The zero-order valence-electron chi connectivity index (χ0n) is 10.6. The molecule has 0 radical (unpaired) electrons. The Hall–Kier alpha value is -2.31. The van der Waals surface area contributed by atoms with Gasteiger partial charge in [0.2, 0.25) is 5.95 Å². The summed E-state index contributed by atoms with van der Waals surface area (Å²) in [5, 5.41) is 9.05. The van der Waals surface area contributed by atoms with E-state index in [0.29, 0.717) is 11.7 Å². The summed E-state index contributed by atoms with van der Waals surface area (Å²) in [4.78, 5) is 16.1. The molecule has 2 aromatic heterocycles. The van der Waals surface area contributed by atoms with Crippen molar-refractivity contribution in [3.05, 3.63) is 24.0 Å². The van der Waals surface area contributed by atoms with E-state index in [4.69, 9.17) is 4.74 Å². The van der Waals surface area contributed by atoms with Crippen molar-refractivity contribution < 1.29 is 9.53 Å². The van der Waals surface area contributed by atoms with Crippen molar-refractivity contribution in [1.29, 1.82) is 0 Å². The maximum absolute atomic E-state index is 12.2. The normalized spacial score (nSPS) is 15.0. The number of carbonyl (C=O) groups excluding carboxylic acids is 1. The highest BCUT2D eigenvalue weighted by Gasteiger charge is 2.23. The summed E-state index contributed by atoms with van der Waals surface area (Å²) in [5.74, 6) is 0.0823. The summed E-state index contributed by atoms with van der Waals surface area (Å²) in [6, 6.07) is 4.33. The number of amides is 1. The standard InChI is InChI=1S/C12H15N5O2/c1-19-12-14-11(15-16-12)13-10(18)9-6-3-7-17(9)8-4-2-5-8/h3,6-8H,2,4-5H2,1H3,(H2,13,14,15,16,18). The predicted molar refractivity (Wildman–Crippen MR) is 68.2 cm³/mol. The maximum atomic E-state index is 12.2. The zero-order valence-corrected chi connectivity index (χ0v) is 10.6. The average molecular weight is 261 g/mol. The highest BCUT2D eigenvalue weighted by atomic mass is 16.5. The Balaban J connectivity index is 1.74. The van der Waals surface area contributed by atoms with Crippen LogP contribution >= 0.6 is 0 Å². The number of hydrogen-bond donors (Lipinski definition) is 2. The van der Waals surface area contributed by atoms with E-state index in [1.165, 1.54) is 13.5 Å². The van der Waals surface area contributed by atoms with E-state index in [1.807, 2.05) is 16.8 Å². The molecule has 7 nitrogen and oxygen atoms in total. The molecule has 2 heterocycles. The van der Waals surface area contributed by atoms with Crippen LogP contribution in [0.25, 0.3) is 0 Å². The molecule has 0 aromatic carbocycles. The molecule has 2 N–H and O–H groups in total. The summed E-state index contributed by atoms with van der Waals surface area (Å²) < 4.78 is 6.87. The number of nitrogens with zero attached hydrogens (tertiary/aromatic N) is 3. The third-order valence-electron chi connectivity index (χ3n) is 3.36. The van der Waals surface area contributed by atoms with Crippen molar-refractivity contribution in [2.75, 3.05) is 12.4 Å². The molecule has 1 aliphatic carbocycles. The molecule has 100 valence electrons. The second-order valence-electron chi connectivity index (χ2n) is 4.51. The molecule has 1 amide bonds. The van der Waals surface area contributed by atoms with Gasteiger partial charge in [-0.1, -0.05) is 0 Å². The van der Waals surface area contributed by atoms with Crippen LogP contribution in [-0.4, -0.2) is 32.8 Å². The molecule has 1 saturated carbocycles. The largest absolute Gasteiger partial charge is 0.466 e. The number of aromatic nitrogens is 4. The molecular formula is C12H15N5O2. The van der Waals surface area contributed by atoms with Gasteiger partial charge < -0.3 is 9.30 Å². The molecule has 0 saturated heterocycles. The fourth-order valence-corrected chi connectivity index (χ4v) is 2.13. The van der Waals surface area contributed by atoms with Crippen LogP contribution < -0.4 is 10.1 Å². The number of methoxy groups -OCH3 is 1. The molecule has 3 rings (SSSR count). The van der Waals surface area contributed by atoms with Crippen LogP contribution in [0.3, 0.4) is 0 Å². The minimum Gasteiger partial charge on any atom is -0.466 e. The molecule has 1 aliphatic rings. The van der Waals surface area contributed by atoms with Crippen LogP contribution in [0.5, 0.6) is 6.01 Å². The van der Waals surface area contributed by atoms with E-state index >= 15 is 0 Å². The average Bonchev–Trinajstić information content (AvgIpc) is 2.95. The first kappa shape index (κ1) is 11.8. The van der Waals surface area contributed by atoms with Gasteiger partial charge in [-0.15, -0.1) is 5.10 Å². The Labute approximate surface area is 110 Å². The van der Waals surface area contributed by atoms with Crippen molar-refractivity contribution in [3.63, 3.8) is 0 Å². The minimum absolute atomic E-state index is 0.198. The number of nitrogens with one attached hydrogen (secondary N) is 2. The molecule has 0 atom stereocenters. The van der Waals surface area contributed by atoms with Crippen molar-refractivity contribution in [1.82, 2.24) is 19.7 Å². The lowest BCUT2D eigenvalue weighted by atomic mass is 9.93. The summed E-state index contributed by atoms with van der Waals surface area (Å²) >= 11 is 0. The number of H-pyrrole nitrogens is 1. The highest BCUT2D eigenvalue weighted by molar-refractivity contribution is 6.02. The second kappa shape index (κ2) is 4.75. The number of anilines is 1. The van der Waals surface area contributed by atoms with E-state index < -0.39 is 0 Å². The molecule has 19 heavy (non-hydrogen) atoms. The number of aromatic amines is 1. The Kier molecular flexibility index (Phi) is 2.94. The third-order valence-corrected chi connectivity index (χ3v) is 3.36. The fourth-order valence-electron chi connectivity index (χ4n) is 2.13. The van der Waals surface area contributed by atoms with Gasteiger partial charge in [0.05, 0.1) is 7.11 Å². The smallest absolute Gasteiger partial charge is 0.336 e. The first-order chi connectivity index (χ1) is 9.28. The highest BCUT2D eigenvalue weighted by Crippen LogP contribution is 2.32. The van der Waals surface area contributed by atoms with Crippen LogP contribution in [0.15, 0.2) is 18.3 Å². The van der Waals surface area contributed by atoms with Crippen LogP contribution in [0.2, 0.25) is 0 Å². The van der Waals surface area contributed by atoms with Gasteiger partial charge in [-0.3, -0.25) is 10.1 Å². The SMILES string of the molecule is COc1n[nH]c(NC(=O)c2cccn2C2CCC2)n1. The molecule has 2 aromatic rings. The van der Waals surface area contributed by atoms with Gasteiger partial charge in [-0.25, -0.2) is 5.10 Å². The molecule has 0 unspecified atom stereocenters. The molecular weight excluding hydrogens is 246 g/mol. The van der Waals surface area contributed by atoms with Crippen LogP contribution in [0.4, 0.5) is 5.95 Å². The van der Waals surface area contributed by atoms with Gasteiger partial charge in [0.25, 0.3) is 5.91 Å². The van der Waals surface area contributed by atoms with Gasteiger partial charge in [-0.2, -0.15) is 4.98 Å². The lowest BCUT2D eigenvalue weighted by molar-refractivity contribution is 0.101. The van der Waals surface area contributed by atoms with E-state index in [-0.39, 0.29) is 17.9 Å². The minimum atomic E-state index is -0.198. The van der Waals surface area contributed by atoms with Gasteiger partial charge in [0, 0.05) is 12.2 Å². The van der Waals surface area contributed by atoms with E-state index in [2.05, 4.69) is 20.5 Å². The molecule has 0 aliphatic heterocycles. The topological polar surface area (TPSA) is 84.8 Å². The number of rotatable bonds is 4. The van der Waals surface area contributed by atoms with E-state index in [0.717, 1.165) is 12.8 Å². The number of carbonyl (C=O) groups is 1. The molecule has 0 bridgehead atoms. The lowest BCUT2D eigenvalue weighted by Gasteiger charge is -2.28. The van der Waals surface area contributed by atoms with Gasteiger partial charge in [0.1, 0.15) is 5.69 Å². The van der Waals surface area contributed by atoms with E-state index in [1.54, 1.807) is 6.07 Å². The Morgan fingerprint density at radius 3 is 3.05 bits per heavy atom. The monoisotopic (exact) mass is 261 g/mol. The Morgan fingerprint density at radius 2 is 2.42 bits per heavy atom. The first-order valence-corrected chi connectivity index (χ1v) is 6.22. The zero-order chi connectivity index (χ0) is 13.2. The first-order valence-electron chi connectivity index (χ1n) is 6.22. The van der Waals surface area contributed by atoms with Crippen LogP contribution in [-0.2, 0) is 0 Å². The summed E-state index contributed by atoms with van der Waals surface area (Å²) in [6.07, 6.45) is 5.43. The van der Waals surface area contributed by atoms with Crippen molar-refractivity contribution in [2.45, 2.75) is 25.3 Å². The summed E-state index contributed by atoms with van der Waals surface area (Å²) in [6.45, 7) is 0. The van der Waals surface area contributed by atoms with Gasteiger partial charge in [0.15, 0.2) is 0 Å². The van der Waals surface area contributed by atoms with Crippen LogP contribution in [0, 0.1) is 0 Å². The molecule has 0 spiro atoms. The van der Waals surface area contributed by atoms with E-state index in [9.17, 15) is 4.79 Å². The van der Waals surface area contributed by atoms with Crippen LogP contribution in [0.1, 0.15) is 35.8 Å². The fraction of sp³-hybridized carbons (Fsp3) is 0.417. The van der Waals surface area contributed by atoms with Crippen molar-refractivity contribution in [2.24, 2.45) is 0 Å².